The van der Waals surface area contributed by atoms with E-state index in [0.717, 1.165) is 5.75 Å². The molecule has 0 aliphatic heterocycles. The molecule has 0 radical (unpaired) electrons. The van der Waals surface area contributed by atoms with E-state index in [1.807, 2.05) is 0 Å². The van der Waals surface area contributed by atoms with E-state index in [0.29, 0.717) is 0 Å². The molecule has 0 amide bonds. The van der Waals surface area contributed by atoms with Gasteiger partial charge in [0.25, 0.3) is 0 Å². The molecule has 1 heteroatoms. The molecule has 0 atom stereocenters. The minimum atomic E-state index is 0.0935. The van der Waals surface area contributed by atoms with Crippen LogP contribution in [0.5, 0.6) is 5.75 Å². The molecule has 0 saturated carbocycles. The van der Waals surface area contributed by atoms with Crippen LogP contribution in [0.1, 0.15) is 72.1 Å². The van der Waals surface area contributed by atoms with Crippen molar-refractivity contribution < 1.29 is 4.74 Å². The fourth-order valence-electron chi connectivity index (χ4n) is 2.25. The summed E-state index contributed by atoms with van der Waals surface area (Å²) in [6, 6.07) is 4.54. The Labute approximate surface area is 119 Å². The van der Waals surface area contributed by atoms with Crippen molar-refractivity contribution in [1.29, 1.82) is 0 Å². The van der Waals surface area contributed by atoms with Crippen molar-refractivity contribution in [2.75, 3.05) is 0 Å². The van der Waals surface area contributed by atoms with Gasteiger partial charge in [-0.15, -0.1) is 0 Å². The summed E-state index contributed by atoms with van der Waals surface area (Å²) in [4.78, 5) is 0. The number of aryl methyl sites for hydroxylation is 1. The Morgan fingerprint density at radius 1 is 0.842 bits per heavy atom. The van der Waals surface area contributed by atoms with Crippen LogP contribution in [0, 0.1) is 6.92 Å². The third-order valence-electron chi connectivity index (χ3n) is 3.20. The smallest absolute Gasteiger partial charge is 0.127 e. The minimum absolute atomic E-state index is 0.0935. The zero-order valence-electron chi connectivity index (χ0n) is 14.1. The number of benzene rings is 1. The fraction of sp³-hybridized carbons (Fsp3) is 0.667. The van der Waals surface area contributed by atoms with Gasteiger partial charge >= 0.3 is 0 Å². The molecule has 0 bridgehead atoms. The Balaban J connectivity index is 3.58. The van der Waals surface area contributed by atoms with Gasteiger partial charge in [-0.2, -0.15) is 0 Å². The van der Waals surface area contributed by atoms with Gasteiger partial charge in [-0.3, -0.25) is 0 Å². The Bertz CT molecular complexity index is 407. The van der Waals surface area contributed by atoms with Crippen LogP contribution in [0.2, 0.25) is 0 Å². The molecule has 0 aliphatic carbocycles. The zero-order chi connectivity index (χ0) is 15.0. The van der Waals surface area contributed by atoms with Crippen molar-refractivity contribution in [3.63, 3.8) is 0 Å². The van der Waals surface area contributed by atoms with E-state index in [1.165, 1.54) is 16.7 Å². The van der Waals surface area contributed by atoms with E-state index in [9.17, 15) is 0 Å². The van der Waals surface area contributed by atoms with E-state index in [4.69, 9.17) is 4.74 Å². The summed E-state index contributed by atoms with van der Waals surface area (Å²) >= 11 is 0. The van der Waals surface area contributed by atoms with Crippen LogP contribution in [0.3, 0.4) is 0 Å². The molecule has 1 nitrogen and oxygen atoms in total. The molecule has 0 fully saturated rings. The van der Waals surface area contributed by atoms with Crippen molar-refractivity contribution in [2.24, 2.45) is 0 Å². The minimum Gasteiger partial charge on any atom is -0.490 e. The summed E-state index contributed by atoms with van der Waals surface area (Å²) in [5, 5.41) is 0. The molecule has 0 aromatic heterocycles. The highest BCUT2D eigenvalue weighted by Gasteiger charge is 2.27. The largest absolute Gasteiger partial charge is 0.490 e. The lowest BCUT2D eigenvalue weighted by Gasteiger charge is -2.31. The standard InChI is InChI=1S/C18H30O/c1-12(2)19-16-14(17(4,5)6)10-13(3)11-15(16)18(7,8)9/h10-12H,1-9H3. The maximum Gasteiger partial charge on any atom is 0.127 e. The molecule has 0 heterocycles. The van der Waals surface area contributed by atoms with E-state index >= 15 is 0 Å². The number of hydrogen-bond acceptors (Lipinski definition) is 1. The molecule has 108 valence electrons. The molecule has 0 spiro atoms. The molecule has 1 aromatic rings. The van der Waals surface area contributed by atoms with Gasteiger partial charge in [-0.05, 0) is 31.6 Å². The summed E-state index contributed by atoms with van der Waals surface area (Å²) in [7, 11) is 0. The first kappa shape index (κ1) is 16.1. The Kier molecular flexibility index (Phi) is 4.39. The van der Waals surface area contributed by atoms with Gasteiger partial charge in [0.05, 0.1) is 6.10 Å². The first-order chi connectivity index (χ1) is 8.43. The topological polar surface area (TPSA) is 9.23 Å². The Morgan fingerprint density at radius 3 is 1.47 bits per heavy atom. The van der Waals surface area contributed by atoms with Gasteiger partial charge in [0.15, 0.2) is 0 Å². The Hall–Kier alpha value is -0.980. The van der Waals surface area contributed by atoms with Crippen molar-refractivity contribution in [2.45, 2.75) is 79.2 Å². The van der Waals surface area contributed by atoms with Gasteiger partial charge in [0.2, 0.25) is 0 Å². The van der Waals surface area contributed by atoms with Crippen LogP contribution in [0.15, 0.2) is 12.1 Å². The molecule has 1 aromatic carbocycles. The predicted molar refractivity (Wildman–Crippen MR) is 84.3 cm³/mol. The van der Waals surface area contributed by atoms with Gasteiger partial charge in [0, 0.05) is 11.1 Å². The SMILES string of the molecule is Cc1cc(C(C)(C)C)c(OC(C)C)c(C(C)(C)C)c1. The summed E-state index contributed by atoms with van der Waals surface area (Å²) in [5.74, 6) is 1.08. The second-order valence-corrected chi connectivity index (χ2v) is 7.86. The highest BCUT2D eigenvalue weighted by molar-refractivity contribution is 5.50. The molecule has 19 heavy (non-hydrogen) atoms. The molecule has 0 unspecified atom stereocenters. The quantitative estimate of drug-likeness (QED) is 0.695. The summed E-state index contributed by atoms with van der Waals surface area (Å²) in [6.07, 6.45) is 0.199. The predicted octanol–water partition coefficient (Wildman–Crippen LogP) is 5.38. The molecular formula is C18H30O. The Morgan fingerprint density at radius 2 is 1.21 bits per heavy atom. The van der Waals surface area contributed by atoms with Crippen LogP contribution < -0.4 is 4.74 Å². The third-order valence-corrected chi connectivity index (χ3v) is 3.20. The van der Waals surface area contributed by atoms with Gasteiger partial charge < -0.3 is 4.74 Å². The second kappa shape index (κ2) is 5.19. The maximum atomic E-state index is 6.18. The summed E-state index contributed by atoms with van der Waals surface area (Å²) < 4.78 is 6.18. The average Bonchev–Trinajstić information content (AvgIpc) is 2.16. The molecule has 1 rings (SSSR count). The first-order valence-electron chi connectivity index (χ1n) is 7.25. The monoisotopic (exact) mass is 262 g/mol. The van der Waals surface area contributed by atoms with Crippen LogP contribution in [0.4, 0.5) is 0 Å². The normalized spacial score (nSPS) is 12.9. The van der Waals surface area contributed by atoms with Crippen molar-refractivity contribution in [1.82, 2.24) is 0 Å². The number of rotatable bonds is 2. The van der Waals surface area contributed by atoms with Crippen LogP contribution in [0.25, 0.3) is 0 Å². The summed E-state index contributed by atoms with van der Waals surface area (Å²) in [5.41, 5.74) is 4.12. The summed E-state index contributed by atoms with van der Waals surface area (Å²) in [6.45, 7) is 19.9. The van der Waals surface area contributed by atoms with Gasteiger partial charge in [0.1, 0.15) is 5.75 Å². The van der Waals surface area contributed by atoms with E-state index in [1.54, 1.807) is 0 Å². The van der Waals surface area contributed by atoms with Crippen molar-refractivity contribution in [3.8, 4) is 5.75 Å². The van der Waals surface area contributed by atoms with Gasteiger partial charge in [-0.1, -0.05) is 59.2 Å². The lowest BCUT2D eigenvalue weighted by atomic mass is 9.78. The lowest BCUT2D eigenvalue weighted by Crippen LogP contribution is -2.22. The molecule has 0 aliphatic rings. The van der Waals surface area contributed by atoms with Crippen LogP contribution in [-0.4, -0.2) is 6.10 Å². The fourth-order valence-corrected chi connectivity index (χ4v) is 2.25. The van der Waals surface area contributed by atoms with Crippen LogP contribution in [-0.2, 0) is 10.8 Å². The van der Waals surface area contributed by atoms with Crippen molar-refractivity contribution >= 4 is 0 Å². The zero-order valence-corrected chi connectivity index (χ0v) is 14.1. The highest BCUT2D eigenvalue weighted by atomic mass is 16.5. The van der Waals surface area contributed by atoms with Gasteiger partial charge in [-0.25, -0.2) is 0 Å². The van der Waals surface area contributed by atoms with E-state index in [2.05, 4.69) is 74.4 Å². The first-order valence-corrected chi connectivity index (χ1v) is 7.25. The lowest BCUT2D eigenvalue weighted by molar-refractivity contribution is 0.230. The highest BCUT2D eigenvalue weighted by Crippen LogP contribution is 2.41. The molecule has 0 N–H and O–H groups in total. The number of hydrogen-bond donors (Lipinski definition) is 0. The van der Waals surface area contributed by atoms with Crippen LogP contribution >= 0.6 is 0 Å². The second-order valence-electron chi connectivity index (χ2n) is 7.86. The van der Waals surface area contributed by atoms with E-state index < -0.39 is 0 Å². The third kappa shape index (κ3) is 3.99. The van der Waals surface area contributed by atoms with E-state index in [-0.39, 0.29) is 16.9 Å². The van der Waals surface area contributed by atoms with Crippen molar-refractivity contribution in [3.05, 3.63) is 28.8 Å². The molecule has 0 saturated heterocycles. The maximum absolute atomic E-state index is 6.18. The molecular weight excluding hydrogens is 232 g/mol. The number of ether oxygens (including phenoxy) is 1. The average molecular weight is 262 g/mol.